The average Bonchev–Trinajstić information content (AvgIpc) is 2.74. The van der Waals surface area contributed by atoms with Crippen molar-refractivity contribution < 1.29 is 0 Å². The second-order valence-corrected chi connectivity index (χ2v) is 6.89. The lowest BCUT2D eigenvalue weighted by molar-refractivity contribution is 0.617. The van der Waals surface area contributed by atoms with Gasteiger partial charge in [0.1, 0.15) is 5.82 Å². The topological polar surface area (TPSA) is 37.8 Å². The Labute approximate surface area is 162 Å². The van der Waals surface area contributed by atoms with Gasteiger partial charge in [-0.2, -0.15) is 0 Å². The van der Waals surface area contributed by atoms with E-state index in [2.05, 4.69) is 42.6 Å². The number of nitrogens with one attached hydrogen (secondary N) is 1. The standard InChI is InChI=1S/C24H29N3/c1-2-3-4-5-6-13-18-25-23-19-22(20-14-9-7-10-15-20)26-24(27-23)21-16-11-8-12-17-21/h7-12,14-17,19H,2-6,13,18H2,1H3,(H,25,26,27). The highest BCUT2D eigenvalue weighted by molar-refractivity contribution is 5.67. The molecule has 3 nitrogen and oxygen atoms in total. The summed E-state index contributed by atoms with van der Waals surface area (Å²) in [5.41, 5.74) is 3.10. The Balaban J connectivity index is 1.73. The Bertz CT molecular complexity index is 743. The number of hydrogen-bond donors (Lipinski definition) is 1. The van der Waals surface area contributed by atoms with Crippen molar-refractivity contribution in [1.29, 1.82) is 0 Å². The van der Waals surface area contributed by atoms with Gasteiger partial charge in [0.25, 0.3) is 0 Å². The summed E-state index contributed by atoms with van der Waals surface area (Å²) in [6, 6.07) is 22.5. The van der Waals surface area contributed by atoms with E-state index in [1.807, 2.05) is 36.4 Å². The molecule has 0 saturated carbocycles. The second-order valence-electron chi connectivity index (χ2n) is 6.89. The van der Waals surface area contributed by atoms with Gasteiger partial charge in [-0.05, 0) is 6.42 Å². The number of aromatic nitrogens is 2. The van der Waals surface area contributed by atoms with Gasteiger partial charge in [0.05, 0.1) is 5.69 Å². The fourth-order valence-corrected chi connectivity index (χ4v) is 3.13. The van der Waals surface area contributed by atoms with Crippen molar-refractivity contribution in [2.45, 2.75) is 45.4 Å². The van der Waals surface area contributed by atoms with E-state index >= 15 is 0 Å². The molecule has 0 saturated heterocycles. The number of rotatable bonds is 10. The molecule has 0 aliphatic heterocycles. The van der Waals surface area contributed by atoms with Crippen LogP contribution in [-0.2, 0) is 0 Å². The molecule has 3 heteroatoms. The maximum atomic E-state index is 4.80. The van der Waals surface area contributed by atoms with Gasteiger partial charge in [-0.1, -0.05) is 99.7 Å². The minimum atomic E-state index is 0.766. The van der Waals surface area contributed by atoms with Crippen molar-refractivity contribution in [1.82, 2.24) is 9.97 Å². The SMILES string of the molecule is CCCCCCCCNc1cc(-c2ccccc2)nc(-c2ccccc2)n1. The van der Waals surface area contributed by atoms with Crippen LogP contribution in [0.15, 0.2) is 66.7 Å². The highest BCUT2D eigenvalue weighted by Crippen LogP contribution is 2.24. The molecule has 1 N–H and O–H groups in total. The summed E-state index contributed by atoms with van der Waals surface area (Å²) in [6.45, 7) is 3.21. The van der Waals surface area contributed by atoms with Crippen molar-refractivity contribution >= 4 is 5.82 Å². The molecule has 1 aromatic heterocycles. The minimum Gasteiger partial charge on any atom is -0.370 e. The third kappa shape index (κ3) is 5.92. The van der Waals surface area contributed by atoms with Crippen molar-refractivity contribution in [2.24, 2.45) is 0 Å². The van der Waals surface area contributed by atoms with Gasteiger partial charge >= 0.3 is 0 Å². The van der Waals surface area contributed by atoms with Crippen LogP contribution in [0.2, 0.25) is 0 Å². The highest BCUT2D eigenvalue weighted by Gasteiger charge is 2.08. The number of hydrogen-bond acceptors (Lipinski definition) is 3. The van der Waals surface area contributed by atoms with Gasteiger partial charge in [-0.3, -0.25) is 0 Å². The molecule has 27 heavy (non-hydrogen) atoms. The first-order valence-corrected chi connectivity index (χ1v) is 10.1. The summed E-state index contributed by atoms with van der Waals surface area (Å²) in [5.74, 6) is 1.67. The van der Waals surface area contributed by atoms with Gasteiger partial charge in [0.2, 0.25) is 0 Å². The number of anilines is 1. The third-order valence-corrected chi connectivity index (χ3v) is 4.66. The van der Waals surface area contributed by atoms with Crippen LogP contribution in [0.5, 0.6) is 0 Å². The summed E-state index contributed by atoms with van der Waals surface area (Å²) in [7, 11) is 0. The summed E-state index contributed by atoms with van der Waals surface area (Å²) < 4.78 is 0. The monoisotopic (exact) mass is 359 g/mol. The van der Waals surface area contributed by atoms with Gasteiger partial charge < -0.3 is 5.32 Å². The van der Waals surface area contributed by atoms with Gasteiger partial charge in [-0.25, -0.2) is 9.97 Å². The highest BCUT2D eigenvalue weighted by atomic mass is 15.0. The Morgan fingerprint density at radius 2 is 1.33 bits per heavy atom. The first kappa shape index (κ1) is 19.1. The maximum absolute atomic E-state index is 4.80. The lowest BCUT2D eigenvalue weighted by atomic mass is 10.1. The lowest BCUT2D eigenvalue weighted by Gasteiger charge is -2.10. The van der Waals surface area contributed by atoms with E-state index in [-0.39, 0.29) is 0 Å². The van der Waals surface area contributed by atoms with Crippen molar-refractivity contribution in [2.75, 3.05) is 11.9 Å². The fraction of sp³-hybridized carbons (Fsp3) is 0.333. The predicted octanol–water partition coefficient (Wildman–Crippen LogP) is 6.58. The first-order valence-electron chi connectivity index (χ1n) is 10.1. The average molecular weight is 360 g/mol. The van der Waals surface area contributed by atoms with Crippen LogP contribution in [0.3, 0.4) is 0 Å². The summed E-state index contributed by atoms with van der Waals surface area (Å²) in [6.07, 6.45) is 7.76. The Morgan fingerprint density at radius 1 is 0.704 bits per heavy atom. The molecule has 0 aliphatic carbocycles. The zero-order valence-electron chi connectivity index (χ0n) is 16.2. The Hall–Kier alpha value is -2.68. The molecule has 0 spiro atoms. The summed E-state index contributed by atoms with van der Waals surface area (Å²) >= 11 is 0. The Morgan fingerprint density at radius 3 is 2.04 bits per heavy atom. The molecule has 1 heterocycles. The van der Waals surface area contributed by atoms with Crippen LogP contribution >= 0.6 is 0 Å². The van der Waals surface area contributed by atoms with Gasteiger partial charge in [-0.15, -0.1) is 0 Å². The molecular formula is C24H29N3. The first-order chi connectivity index (χ1) is 13.4. The minimum absolute atomic E-state index is 0.766. The number of unbranched alkanes of at least 4 members (excludes halogenated alkanes) is 5. The number of benzene rings is 2. The van der Waals surface area contributed by atoms with E-state index in [1.54, 1.807) is 0 Å². The molecule has 0 fully saturated rings. The molecule has 0 amide bonds. The molecule has 0 unspecified atom stereocenters. The van der Waals surface area contributed by atoms with Crippen LogP contribution < -0.4 is 5.32 Å². The number of nitrogens with zero attached hydrogens (tertiary/aromatic N) is 2. The maximum Gasteiger partial charge on any atom is 0.162 e. The van der Waals surface area contributed by atoms with Crippen LogP contribution in [0.4, 0.5) is 5.82 Å². The normalized spacial score (nSPS) is 10.7. The fourth-order valence-electron chi connectivity index (χ4n) is 3.13. The molecule has 3 rings (SSSR count). The van der Waals surface area contributed by atoms with Crippen LogP contribution in [-0.4, -0.2) is 16.5 Å². The quantitative estimate of drug-likeness (QED) is 0.415. The van der Waals surface area contributed by atoms with Gasteiger partial charge in [0.15, 0.2) is 5.82 Å². The van der Waals surface area contributed by atoms with Crippen molar-refractivity contribution in [3.63, 3.8) is 0 Å². The Kier molecular flexibility index (Phi) is 7.40. The molecule has 0 bridgehead atoms. The van der Waals surface area contributed by atoms with Crippen LogP contribution in [0, 0.1) is 0 Å². The van der Waals surface area contributed by atoms with E-state index < -0.39 is 0 Å². The molecule has 0 radical (unpaired) electrons. The summed E-state index contributed by atoms with van der Waals surface area (Å²) in [5, 5.41) is 3.50. The largest absolute Gasteiger partial charge is 0.370 e. The zero-order valence-corrected chi connectivity index (χ0v) is 16.2. The van der Waals surface area contributed by atoms with E-state index in [1.165, 1.54) is 38.5 Å². The van der Waals surface area contributed by atoms with E-state index in [9.17, 15) is 0 Å². The van der Waals surface area contributed by atoms with Crippen molar-refractivity contribution in [3.05, 3.63) is 66.7 Å². The summed E-state index contributed by atoms with van der Waals surface area (Å²) in [4.78, 5) is 9.56. The molecule has 3 aromatic rings. The van der Waals surface area contributed by atoms with E-state index in [0.29, 0.717) is 0 Å². The smallest absolute Gasteiger partial charge is 0.162 e. The lowest BCUT2D eigenvalue weighted by Crippen LogP contribution is -2.05. The molecule has 2 aromatic carbocycles. The van der Waals surface area contributed by atoms with E-state index in [0.717, 1.165) is 35.0 Å². The van der Waals surface area contributed by atoms with Crippen LogP contribution in [0.25, 0.3) is 22.6 Å². The molecule has 0 aliphatic rings. The molecular weight excluding hydrogens is 330 g/mol. The van der Waals surface area contributed by atoms with Crippen molar-refractivity contribution in [3.8, 4) is 22.6 Å². The second kappa shape index (κ2) is 10.5. The third-order valence-electron chi connectivity index (χ3n) is 4.66. The molecule has 0 atom stereocenters. The predicted molar refractivity (Wildman–Crippen MR) is 115 cm³/mol. The van der Waals surface area contributed by atoms with E-state index in [4.69, 9.17) is 9.97 Å². The van der Waals surface area contributed by atoms with Crippen LogP contribution in [0.1, 0.15) is 45.4 Å². The van der Waals surface area contributed by atoms with Gasteiger partial charge in [0, 0.05) is 23.7 Å². The molecule has 140 valence electrons. The zero-order chi connectivity index (χ0) is 18.7.